The van der Waals surface area contributed by atoms with Crippen LogP contribution >= 0.6 is 0 Å². The maximum Gasteiger partial charge on any atom is 0.122 e. The van der Waals surface area contributed by atoms with E-state index in [-0.39, 0.29) is 0 Å². The van der Waals surface area contributed by atoms with Crippen LogP contribution in [0.5, 0.6) is 5.75 Å². The predicted octanol–water partition coefficient (Wildman–Crippen LogP) is 2.58. The Morgan fingerprint density at radius 2 is 2.16 bits per heavy atom. The molecule has 1 aliphatic rings. The lowest BCUT2D eigenvalue weighted by atomic mass is 9.99. The van der Waals surface area contributed by atoms with Crippen LogP contribution < -0.4 is 10.5 Å². The fraction of sp³-hybridized carbons (Fsp3) is 0.625. The minimum absolute atomic E-state index is 0.666. The number of rotatable bonds is 6. The van der Waals surface area contributed by atoms with Gasteiger partial charge in [0.2, 0.25) is 0 Å². The van der Waals surface area contributed by atoms with E-state index in [0.29, 0.717) is 6.04 Å². The van der Waals surface area contributed by atoms with Crippen molar-refractivity contribution < 1.29 is 4.74 Å². The average molecular weight is 262 g/mol. The summed E-state index contributed by atoms with van der Waals surface area (Å²) in [5.41, 5.74) is 6.91. The molecule has 3 heteroatoms. The molecular formula is C16H26N2O. The van der Waals surface area contributed by atoms with Gasteiger partial charge in [0.05, 0.1) is 0 Å². The smallest absolute Gasteiger partial charge is 0.122 e. The summed E-state index contributed by atoms with van der Waals surface area (Å²) in [4.78, 5) is 2.55. The van der Waals surface area contributed by atoms with E-state index in [1.54, 1.807) is 0 Å². The summed E-state index contributed by atoms with van der Waals surface area (Å²) in [6.07, 6.45) is 5.07. The second-order valence-electron chi connectivity index (χ2n) is 5.38. The zero-order valence-electron chi connectivity index (χ0n) is 12.0. The highest BCUT2D eigenvalue weighted by Gasteiger charge is 2.21. The first-order valence-corrected chi connectivity index (χ1v) is 7.44. The Kier molecular flexibility index (Phi) is 5.67. The number of para-hydroxylation sites is 1. The maximum atomic E-state index is 5.89. The largest absolute Gasteiger partial charge is 0.492 e. The van der Waals surface area contributed by atoms with Crippen LogP contribution in [0.4, 0.5) is 0 Å². The third-order valence-electron chi connectivity index (χ3n) is 3.98. The zero-order chi connectivity index (χ0) is 13.5. The lowest BCUT2D eigenvalue weighted by Crippen LogP contribution is -2.42. The van der Waals surface area contributed by atoms with E-state index in [2.05, 4.69) is 17.9 Å². The highest BCUT2D eigenvalue weighted by Crippen LogP contribution is 2.20. The van der Waals surface area contributed by atoms with Gasteiger partial charge in [-0.15, -0.1) is 0 Å². The Labute approximate surface area is 116 Å². The van der Waals surface area contributed by atoms with E-state index in [4.69, 9.17) is 10.5 Å². The third-order valence-corrected chi connectivity index (χ3v) is 3.98. The van der Waals surface area contributed by atoms with E-state index < -0.39 is 0 Å². The Morgan fingerprint density at radius 1 is 1.32 bits per heavy atom. The molecule has 0 aromatic heterocycles. The minimum Gasteiger partial charge on any atom is -0.492 e. The molecule has 0 bridgehead atoms. The van der Waals surface area contributed by atoms with Crippen molar-refractivity contribution in [3.63, 3.8) is 0 Å². The van der Waals surface area contributed by atoms with Crippen molar-refractivity contribution in [1.29, 1.82) is 0 Å². The average Bonchev–Trinajstić information content (AvgIpc) is 2.43. The van der Waals surface area contributed by atoms with Crippen molar-refractivity contribution in [2.45, 2.75) is 38.6 Å². The fourth-order valence-electron chi connectivity index (χ4n) is 2.86. The van der Waals surface area contributed by atoms with E-state index >= 15 is 0 Å². The number of aryl methyl sites for hydroxylation is 1. The Morgan fingerprint density at radius 3 is 2.95 bits per heavy atom. The molecule has 1 aromatic carbocycles. The monoisotopic (exact) mass is 262 g/mol. The van der Waals surface area contributed by atoms with Crippen LogP contribution in [0.2, 0.25) is 0 Å². The molecule has 0 saturated carbocycles. The summed E-state index contributed by atoms with van der Waals surface area (Å²) in [6.45, 7) is 5.86. The molecule has 1 heterocycles. The van der Waals surface area contributed by atoms with Gasteiger partial charge in [0, 0.05) is 12.6 Å². The standard InChI is InChI=1S/C16H26N2O/c1-14-6-2-3-8-16(14)19-13-12-18-11-5-4-7-15(18)9-10-17/h2-3,6,8,15H,4-5,7,9-13,17H2,1H3. The van der Waals surface area contributed by atoms with Crippen LogP contribution in [0, 0.1) is 6.92 Å². The number of hydrogen-bond acceptors (Lipinski definition) is 3. The summed E-state index contributed by atoms with van der Waals surface area (Å²) >= 11 is 0. The molecule has 1 fully saturated rings. The molecule has 0 spiro atoms. The molecule has 0 amide bonds. The highest BCUT2D eigenvalue weighted by atomic mass is 16.5. The zero-order valence-corrected chi connectivity index (χ0v) is 12.0. The lowest BCUT2D eigenvalue weighted by Gasteiger charge is -2.35. The van der Waals surface area contributed by atoms with Gasteiger partial charge in [0.25, 0.3) is 0 Å². The quantitative estimate of drug-likeness (QED) is 0.856. The van der Waals surface area contributed by atoms with Crippen molar-refractivity contribution in [2.75, 3.05) is 26.2 Å². The van der Waals surface area contributed by atoms with E-state index in [9.17, 15) is 0 Å². The molecule has 1 aromatic rings. The molecule has 1 saturated heterocycles. The predicted molar refractivity (Wildman–Crippen MR) is 79.6 cm³/mol. The van der Waals surface area contributed by atoms with Crippen LogP contribution in [0.1, 0.15) is 31.2 Å². The first-order chi connectivity index (χ1) is 9.31. The summed E-state index contributed by atoms with van der Waals surface area (Å²) < 4.78 is 5.89. The number of hydrogen-bond donors (Lipinski definition) is 1. The van der Waals surface area contributed by atoms with Gasteiger partial charge in [-0.3, -0.25) is 4.90 Å². The molecule has 1 atom stereocenters. The van der Waals surface area contributed by atoms with E-state index in [0.717, 1.165) is 31.9 Å². The van der Waals surface area contributed by atoms with Crippen molar-refractivity contribution in [2.24, 2.45) is 5.73 Å². The molecule has 19 heavy (non-hydrogen) atoms. The summed E-state index contributed by atoms with van der Waals surface area (Å²) in [6, 6.07) is 8.88. The Bertz CT molecular complexity index is 379. The Balaban J connectivity index is 1.79. The van der Waals surface area contributed by atoms with Gasteiger partial charge in [-0.1, -0.05) is 24.6 Å². The fourth-order valence-corrected chi connectivity index (χ4v) is 2.86. The van der Waals surface area contributed by atoms with Crippen molar-refractivity contribution in [3.8, 4) is 5.75 Å². The van der Waals surface area contributed by atoms with Crippen molar-refractivity contribution in [1.82, 2.24) is 4.90 Å². The molecule has 106 valence electrons. The van der Waals surface area contributed by atoms with Gasteiger partial charge in [-0.25, -0.2) is 0 Å². The highest BCUT2D eigenvalue weighted by molar-refractivity contribution is 5.31. The van der Waals surface area contributed by atoms with Crippen LogP contribution in [-0.4, -0.2) is 37.2 Å². The molecule has 3 nitrogen and oxygen atoms in total. The van der Waals surface area contributed by atoms with Gasteiger partial charge >= 0.3 is 0 Å². The third kappa shape index (κ3) is 4.22. The molecule has 1 unspecified atom stereocenters. The van der Waals surface area contributed by atoms with Crippen LogP contribution in [-0.2, 0) is 0 Å². The van der Waals surface area contributed by atoms with Gasteiger partial charge < -0.3 is 10.5 Å². The number of benzene rings is 1. The van der Waals surface area contributed by atoms with E-state index in [1.165, 1.54) is 31.4 Å². The van der Waals surface area contributed by atoms with Crippen LogP contribution in [0.3, 0.4) is 0 Å². The molecule has 0 aliphatic carbocycles. The van der Waals surface area contributed by atoms with Crippen LogP contribution in [0.15, 0.2) is 24.3 Å². The lowest BCUT2D eigenvalue weighted by molar-refractivity contribution is 0.118. The van der Waals surface area contributed by atoms with Crippen molar-refractivity contribution >= 4 is 0 Å². The van der Waals surface area contributed by atoms with Gasteiger partial charge in [-0.05, 0) is 50.9 Å². The Hall–Kier alpha value is -1.06. The van der Waals surface area contributed by atoms with Crippen molar-refractivity contribution in [3.05, 3.63) is 29.8 Å². The summed E-state index contributed by atoms with van der Waals surface area (Å²) in [5.74, 6) is 1.01. The summed E-state index contributed by atoms with van der Waals surface area (Å²) in [5, 5.41) is 0. The van der Waals surface area contributed by atoms with Crippen LogP contribution in [0.25, 0.3) is 0 Å². The van der Waals surface area contributed by atoms with Gasteiger partial charge in [0.1, 0.15) is 12.4 Å². The molecule has 2 N–H and O–H groups in total. The molecule has 1 aliphatic heterocycles. The number of nitrogens with zero attached hydrogens (tertiary/aromatic N) is 1. The second-order valence-corrected chi connectivity index (χ2v) is 5.38. The van der Waals surface area contributed by atoms with Gasteiger partial charge in [0.15, 0.2) is 0 Å². The SMILES string of the molecule is Cc1ccccc1OCCN1CCCCC1CCN. The van der Waals surface area contributed by atoms with Gasteiger partial charge in [-0.2, -0.15) is 0 Å². The van der Waals surface area contributed by atoms with E-state index in [1.807, 2.05) is 18.2 Å². The number of nitrogens with two attached hydrogens (primary N) is 1. The molecule has 0 radical (unpaired) electrons. The normalized spacial score (nSPS) is 20.4. The maximum absolute atomic E-state index is 5.89. The minimum atomic E-state index is 0.666. The number of likely N-dealkylation sites (tertiary alicyclic amines) is 1. The first-order valence-electron chi connectivity index (χ1n) is 7.44. The topological polar surface area (TPSA) is 38.5 Å². The molecule has 2 rings (SSSR count). The second kappa shape index (κ2) is 7.51. The summed E-state index contributed by atoms with van der Waals surface area (Å²) in [7, 11) is 0. The first kappa shape index (κ1) is 14.4. The number of ether oxygens (including phenoxy) is 1. The number of piperidine rings is 1. The molecular weight excluding hydrogens is 236 g/mol.